The summed E-state index contributed by atoms with van der Waals surface area (Å²) >= 11 is 0. The van der Waals surface area contributed by atoms with Crippen molar-refractivity contribution in [2.45, 2.75) is 25.9 Å². The van der Waals surface area contributed by atoms with Gasteiger partial charge in [0.05, 0.1) is 10.9 Å². The van der Waals surface area contributed by atoms with Crippen LogP contribution in [-0.4, -0.2) is 22.3 Å². The SMILES string of the molecule is CC(=O)[C@@H](CN(Cc1ccccc1)Cc1ccccc1)[C@H](c1ccccc1)c1c(O)c2ccccc2oc1=O. The van der Waals surface area contributed by atoms with Gasteiger partial charge in [0.1, 0.15) is 17.1 Å². The molecule has 5 aromatic rings. The Kier molecular flexibility index (Phi) is 7.99. The predicted molar refractivity (Wildman–Crippen MR) is 154 cm³/mol. The Morgan fingerprint density at radius 1 is 0.769 bits per heavy atom. The maximum Gasteiger partial charge on any atom is 0.343 e. The minimum Gasteiger partial charge on any atom is -0.507 e. The van der Waals surface area contributed by atoms with Crippen LogP contribution in [-0.2, 0) is 17.9 Å². The third kappa shape index (κ3) is 6.00. The lowest BCUT2D eigenvalue weighted by molar-refractivity contribution is -0.121. The van der Waals surface area contributed by atoms with Crippen molar-refractivity contribution in [3.8, 4) is 5.75 Å². The first-order valence-corrected chi connectivity index (χ1v) is 13.1. The fourth-order valence-corrected chi connectivity index (χ4v) is 5.30. The van der Waals surface area contributed by atoms with Gasteiger partial charge in [-0.05, 0) is 35.7 Å². The number of hydrogen-bond acceptors (Lipinski definition) is 5. The molecule has 5 nitrogen and oxygen atoms in total. The average Bonchev–Trinajstić information content (AvgIpc) is 2.95. The van der Waals surface area contributed by atoms with E-state index in [9.17, 15) is 14.7 Å². The summed E-state index contributed by atoms with van der Waals surface area (Å²) in [4.78, 5) is 29.1. The van der Waals surface area contributed by atoms with Crippen molar-refractivity contribution in [2.75, 3.05) is 6.54 Å². The number of aromatic hydroxyl groups is 1. The van der Waals surface area contributed by atoms with Gasteiger partial charge >= 0.3 is 5.63 Å². The van der Waals surface area contributed by atoms with E-state index in [2.05, 4.69) is 29.2 Å². The summed E-state index contributed by atoms with van der Waals surface area (Å²) in [5.74, 6) is -1.52. The summed E-state index contributed by atoms with van der Waals surface area (Å²) in [7, 11) is 0. The molecule has 5 rings (SSSR count). The predicted octanol–water partition coefficient (Wildman–Crippen LogP) is 6.54. The lowest BCUT2D eigenvalue weighted by Gasteiger charge is -2.32. The summed E-state index contributed by atoms with van der Waals surface area (Å²) in [6.45, 7) is 3.19. The Labute approximate surface area is 228 Å². The summed E-state index contributed by atoms with van der Waals surface area (Å²) in [6.07, 6.45) is 0. The lowest BCUT2D eigenvalue weighted by atomic mass is 9.78. The van der Waals surface area contributed by atoms with E-state index in [1.54, 1.807) is 31.2 Å². The molecule has 0 bridgehead atoms. The van der Waals surface area contributed by atoms with Gasteiger partial charge in [0.25, 0.3) is 0 Å². The van der Waals surface area contributed by atoms with Gasteiger partial charge < -0.3 is 9.52 Å². The molecule has 5 heteroatoms. The van der Waals surface area contributed by atoms with Crippen LogP contribution in [0, 0.1) is 5.92 Å². The van der Waals surface area contributed by atoms with Crippen LogP contribution in [0.2, 0.25) is 0 Å². The quantitative estimate of drug-likeness (QED) is 0.213. The molecule has 196 valence electrons. The highest BCUT2D eigenvalue weighted by Gasteiger charge is 2.35. The van der Waals surface area contributed by atoms with Crippen LogP contribution in [0.4, 0.5) is 0 Å². The highest BCUT2D eigenvalue weighted by atomic mass is 16.4. The topological polar surface area (TPSA) is 70.8 Å². The maximum absolute atomic E-state index is 13.4. The number of nitrogens with zero attached hydrogens (tertiary/aromatic N) is 1. The van der Waals surface area contributed by atoms with E-state index in [4.69, 9.17) is 4.42 Å². The van der Waals surface area contributed by atoms with E-state index in [0.29, 0.717) is 30.6 Å². The first-order valence-electron chi connectivity index (χ1n) is 13.1. The van der Waals surface area contributed by atoms with Crippen LogP contribution in [0.3, 0.4) is 0 Å². The zero-order valence-corrected chi connectivity index (χ0v) is 21.9. The normalized spacial score (nSPS) is 12.9. The Hall–Kier alpha value is -4.48. The van der Waals surface area contributed by atoms with Gasteiger partial charge in [0.15, 0.2) is 0 Å². The Morgan fingerprint density at radius 2 is 1.28 bits per heavy atom. The van der Waals surface area contributed by atoms with E-state index in [-0.39, 0.29) is 17.1 Å². The number of rotatable bonds is 10. The molecule has 0 amide bonds. The van der Waals surface area contributed by atoms with Crippen molar-refractivity contribution in [3.63, 3.8) is 0 Å². The number of carbonyl (C=O) groups is 1. The molecule has 2 atom stereocenters. The van der Waals surface area contributed by atoms with Crippen molar-refractivity contribution in [2.24, 2.45) is 5.92 Å². The smallest absolute Gasteiger partial charge is 0.343 e. The summed E-state index contributed by atoms with van der Waals surface area (Å²) in [5, 5.41) is 11.9. The first-order chi connectivity index (χ1) is 19.0. The Morgan fingerprint density at radius 3 is 1.85 bits per heavy atom. The molecular formula is C34H31NO4. The van der Waals surface area contributed by atoms with Crippen molar-refractivity contribution in [1.29, 1.82) is 0 Å². The van der Waals surface area contributed by atoms with Crippen LogP contribution in [0.15, 0.2) is 124 Å². The van der Waals surface area contributed by atoms with E-state index in [1.165, 1.54) is 0 Å². The van der Waals surface area contributed by atoms with E-state index in [1.807, 2.05) is 66.7 Å². The van der Waals surface area contributed by atoms with Crippen LogP contribution in [0.25, 0.3) is 11.0 Å². The molecule has 0 unspecified atom stereocenters. The molecule has 0 aliphatic heterocycles. The molecule has 0 radical (unpaired) electrons. The molecule has 1 N–H and O–H groups in total. The Bertz CT molecular complexity index is 1560. The maximum atomic E-state index is 13.4. The number of benzene rings is 4. The molecule has 0 saturated carbocycles. The largest absolute Gasteiger partial charge is 0.507 e. The van der Waals surface area contributed by atoms with Crippen LogP contribution >= 0.6 is 0 Å². The van der Waals surface area contributed by atoms with Crippen LogP contribution in [0.5, 0.6) is 5.75 Å². The zero-order valence-electron chi connectivity index (χ0n) is 21.9. The number of para-hydroxylation sites is 1. The molecule has 4 aromatic carbocycles. The van der Waals surface area contributed by atoms with Gasteiger partial charge in [0.2, 0.25) is 0 Å². The molecule has 0 fully saturated rings. The second kappa shape index (κ2) is 11.9. The third-order valence-electron chi connectivity index (χ3n) is 7.17. The first kappa shape index (κ1) is 26.1. The monoisotopic (exact) mass is 517 g/mol. The third-order valence-corrected chi connectivity index (χ3v) is 7.17. The molecule has 39 heavy (non-hydrogen) atoms. The number of carbonyl (C=O) groups excluding carboxylic acids is 1. The zero-order chi connectivity index (χ0) is 27.2. The lowest BCUT2D eigenvalue weighted by Crippen LogP contribution is -2.37. The van der Waals surface area contributed by atoms with Crippen molar-refractivity contribution < 1.29 is 14.3 Å². The van der Waals surface area contributed by atoms with Crippen LogP contribution in [0.1, 0.15) is 35.1 Å². The second-order valence-corrected chi connectivity index (χ2v) is 9.89. The van der Waals surface area contributed by atoms with Crippen molar-refractivity contribution >= 4 is 16.8 Å². The highest BCUT2D eigenvalue weighted by molar-refractivity contribution is 5.86. The van der Waals surface area contributed by atoms with Gasteiger partial charge in [-0.25, -0.2) is 4.79 Å². The Balaban J connectivity index is 1.61. The van der Waals surface area contributed by atoms with Gasteiger partial charge in [0, 0.05) is 31.5 Å². The number of ketones is 1. The standard InChI is InChI=1S/C34H31NO4/c1-24(36)29(23-35(21-25-13-5-2-6-14-25)22-26-15-7-3-8-16-26)31(27-17-9-4-10-18-27)32-33(37)28-19-11-12-20-30(28)39-34(32)38/h2-20,29,31,37H,21-23H2,1H3/t29-,31+/m1/s1. The second-order valence-electron chi connectivity index (χ2n) is 9.89. The molecular weight excluding hydrogens is 486 g/mol. The minimum absolute atomic E-state index is 0.0677. The summed E-state index contributed by atoms with van der Waals surface area (Å²) in [5.41, 5.74) is 2.81. The molecule has 0 spiro atoms. The number of hydrogen-bond donors (Lipinski definition) is 1. The van der Waals surface area contributed by atoms with E-state index in [0.717, 1.165) is 16.7 Å². The summed E-state index contributed by atoms with van der Waals surface area (Å²) < 4.78 is 5.66. The average molecular weight is 518 g/mol. The molecule has 1 aromatic heterocycles. The highest BCUT2D eigenvalue weighted by Crippen LogP contribution is 2.39. The fourth-order valence-electron chi connectivity index (χ4n) is 5.30. The van der Waals surface area contributed by atoms with Crippen molar-refractivity contribution in [1.82, 2.24) is 4.90 Å². The number of fused-ring (bicyclic) bond motifs is 1. The summed E-state index contributed by atoms with van der Waals surface area (Å²) in [6, 6.07) is 36.6. The van der Waals surface area contributed by atoms with Gasteiger partial charge in [-0.1, -0.05) is 103 Å². The van der Waals surface area contributed by atoms with E-state index >= 15 is 0 Å². The molecule has 1 heterocycles. The van der Waals surface area contributed by atoms with Crippen LogP contribution < -0.4 is 5.63 Å². The van der Waals surface area contributed by atoms with Gasteiger partial charge in [-0.2, -0.15) is 0 Å². The fraction of sp³-hybridized carbons (Fsp3) is 0.176. The molecule has 0 saturated heterocycles. The van der Waals surface area contributed by atoms with Gasteiger partial charge in [-0.15, -0.1) is 0 Å². The van der Waals surface area contributed by atoms with Gasteiger partial charge in [-0.3, -0.25) is 9.69 Å². The minimum atomic E-state index is -0.696. The van der Waals surface area contributed by atoms with Crippen molar-refractivity contribution in [3.05, 3.63) is 148 Å². The number of Topliss-reactive ketones (excluding diaryl/α,β-unsaturated/α-hetero) is 1. The van der Waals surface area contributed by atoms with E-state index < -0.39 is 17.5 Å². The molecule has 0 aliphatic rings. The molecule has 0 aliphatic carbocycles.